The zero-order valence-electron chi connectivity index (χ0n) is 12.8. The van der Waals surface area contributed by atoms with Gasteiger partial charge in [-0.1, -0.05) is 55.5 Å². The number of H-pyrrole nitrogens is 1. The van der Waals surface area contributed by atoms with Gasteiger partial charge in [0.05, 0.1) is 5.02 Å². The SMILES string of the molecule is C[C@H](NCc1[nH]c2ccccc2c1Cl)C1CCCCCC1. The molecule has 1 aliphatic rings. The predicted octanol–water partition coefficient (Wildman–Crippen LogP) is 5.27. The Morgan fingerprint density at radius 1 is 1.19 bits per heavy atom. The molecule has 2 N–H and O–H groups in total. The zero-order chi connectivity index (χ0) is 14.7. The fourth-order valence-electron chi connectivity index (χ4n) is 3.53. The number of aromatic amines is 1. The van der Waals surface area contributed by atoms with Crippen molar-refractivity contribution < 1.29 is 0 Å². The molecule has 0 amide bonds. The first-order valence-electron chi connectivity index (χ1n) is 8.24. The molecule has 3 rings (SSSR count). The molecule has 114 valence electrons. The van der Waals surface area contributed by atoms with Crippen LogP contribution in [0.2, 0.25) is 5.02 Å². The number of rotatable bonds is 4. The molecule has 1 heterocycles. The lowest BCUT2D eigenvalue weighted by Crippen LogP contribution is -2.33. The largest absolute Gasteiger partial charge is 0.356 e. The summed E-state index contributed by atoms with van der Waals surface area (Å²) >= 11 is 6.48. The van der Waals surface area contributed by atoms with E-state index in [9.17, 15) is 0 Å². The first-order valence-corrected chi connectivity index (χ1v) is 8.62. The molecule has 0 spiro atoms. The van der Waals surface area contributed by atoms with Crippen LogP contribution in [-0.4, -0.2) is 11.0 Å². The number of benzene rings is 1. The number of hydrogen-bond donors (Lipinski definition) is 2. The maximum atomic E-state index is 6.48. The van der Waals surface area contributed by atoms with Crippen molar-refractivity contribution in [3.05, 3.63) is 35.0 Å². The van der Waals surface area contributed by atoms with Crippen LogP contribution in [0.3, 0.4) is 0 Å². The van der Waals surface area contributed by atoms with Crippen LogP contribution in [0.1, 0.15) is 51.1 Å². The summed E-state index contributed by atoms with van der Waals surface area (Å²) in [5, 5.41) is 5.67. The van der Waals surface area contributed by atoms with Crippen LogP contribution in [0.5, 0.6) is 0 Å². The predicted molar refractivity (Wildman–Crippen MR) is 90.8 cm³/mol. The van der Waals surface area contributed by atoms with Crippen molar-refractivity contribution in [3.8, 4) is 0 Å². The Labute approximate surface area is 132 Å². The number of nitrogens with one attached hydrogen (secondary N) is 2. The number of halogens is 1. The maximum absolute atomic E-state index is 6.48. The van der Waals surface area contributed by atoms with Crippen LogP contribution in [-0.2, 0) is 6.54 Å². The molecule has 1 saturated carbocycles. The minimum atomic E-state index is 0.561. The third-order valence-electron chi connectivity index (χ3n) is 4.92. The Morgan fingerprint density at radius 2 is 1.90 bits per heavy atom. The van der Waals surface area contributed by atoms with Crippen LogP contribution in [0.4, 0.5) is 0 Å². The highest BCUT2D eigenvalue weighted by Crippen LogP contribution is 2.28. The highest BCUT2D eigenvalue weighted by atomic mass is 35.5. The smallest absolute Gasteiger partial charge is 0.0705 e. The summed E-state index contributed by atoms with van der Waals surface area (Å²) in [5.74, 6) is 0.815. The lowest BCUT2D eigenvalue weighted by molar-refractivity contribution is 0.336. The van der Waals surface area contributed by atoms with Crippen molar-refractivity contribution in [2.45, 2.75) is 58.0 Å². The first-order chi connectivity index (χ1) is 10.3. The standard InChI is InChI=1S/C18H25ClN2/c1-13(14-8-4-2-3-5-9-14)20-12-17-18(19)15-10-6-7-11-16(15)21-17/h6-7,10-11,13-14,20-21H,2-5,8-9,12H2,1H3/t13-/m0/s1. The van der Waals surface area contributed by atoms with E-state index in [4.69, 9.17) is 11.6 Å². The highest BCUT2D eigenvalue weighted by Gasteiger charge is 2.19. The summed E-state index contributed by atoms with van der Waals surface area (Å²) in [6, 6.07) is 8.80. The van der Waals surface area contributed by atoms with Crippen LogP contribution in [0, 0.1) is 5.92 Å². The van der Waals surface area contributed by atoms with Crippen LogP contribution in [0.25, 0.3) is 10.9 Å². The molecule has 0 bridgehead atoms. The van der Waals surface area contributed by atoms with Crippen molar-refractivity contribution in [3.63, 3.8) is 0 Å². The molecular formula is C18H25ClN2. The number of para-hydroxylation sites is 1. The van der Waals surface area contributed by atoms with E-state index in [-0.39, 0.29) is 0 Å². The van der Waals surface area contributed by atoms with Crippen LogP contribution < -0.4 is 5.32 Å². The second-order valence-corrected chi connectivity index (χ2v) is 6.76. The lowest BCUT2D eigenvalue weighted by atomic mass is 9.93. The molecule has 1 aliphatic carbocycles. The normalized spacial score (nSPS) is 18.8. The Kier molecular flexibility index (Phi) is 4.87. The summed E-state index contributed by atoms with van der Waals surface area (Å²) in [6.07, 6.45) is 8.35. The van der Waals surface area contributed by atoms with Gasteiger partial charge in [-0.2, -0.15) is 0 Å². The van der Waals surface area contributed by atoms with Crippen molar-refractivity contribution in [2.24, 2.45) is 5.92 Å². The average molecular weight is 305 g/mol. The lowest BCUT2D eigenvalue weighted by Gasteiger charge is -2.23. The fourth-order valence-corrected chi connectivity index (χ4v) is 3.80. The minimum Gasteiger partial charge on any atom is -0.356 e. The molecule has 2 aromatic rings. The third-order valence-corrected chi connectivity index (χ3v) is 5.35. The van der Waals surface area contributed by atoms with Gasteiger partial charge in [0, 0.05) is 29.2 Å². The van der Waals surface area contributed by atoms with Crippen molar-refractivity contribution in [1.29, 1.82) is 0 Å². The van der Waals surface area contributed by atoms with Crippen molar-refractivity contribution in [1.82, 2.24) is 10.3 Å². The molecule has 1 fully saturated rings. The number of fused-ring (bicyclic) bond motifs is 1. The summed E-state index contributed by atoms with van der Waals surface area (Å²) in [7, 11) is 0. The van der Waals surface area contributed by atoms with E-state index >= 15 is 0 Å². The van der Waals surface area contributed by atoms with E-state index in [2.05, 4.69) is 29.4 Å². The van der Waals surface area contributed by atoms with E-state index in [0.29, 0.717) is 6.04 Å². The van der Waals surface area contributed by atoms with Crippen molar-refractivity contribution in [2.75, 3.05) is 0 Å². The third kappa shape index (κ3) is 3.44. The van der Waals surface area contributed by atoms with Crippen LogP contribution >= 0.6 is 11.6 Å². The van der Waals surface area contributed by atoms with E-state index < -0.39 is 0 Å². The van der Waals surface area contributed by atoms with Crippen LogP contribution in [0.15, 0.2) is 24.3 Å². The van der Waals surface area contributed by atoms with E-state index in [1.165, 1.54) is 38.5 Å². The Morgan fingerprint density at radius 3 is 2.62 bits per heavy atom. The molecule has 0 unspecified atom stereocenters. The zero-order valence-corrected chi connectivity index (χ0v) is 13.5. The molecule has 3 heteroatoms. The number of aromatic nitrogens is 1. The second-order valence-electron chi connectivity index (χ2n) is 6.38. The van der Waals surface area contributed by atoms with Gasteiger partial charge in [0.2, 0.25) is 0 Å². The molecular weight excluding hydrogens is 280 g/mol. The Hall–Kier alpha value is -0.990. The molecule has 1 aromatic heterocycles. The second kappa shape index (κ2) is 6.85. The van der Waals surface area contributed by atoms with Gasteiger partial charge in [-0.15, -0.1) is 0 Å². The quantitative estimate of drug-likeness (QED) is 0.740. The summed E-state index contributed by atoms with van der Waals surface area (Å²) in [5.41, 5.74) is 2.24. The van der Waals surface area contributed by atoms with E-state index in [1.54, 1.807) is 0 Å². The first kappa shape index (κ1) is 14.9. The van der Waals surface area contributed by atoms with Gasteiger partial charge < -0.3 is 10.3 Å². The van der Waals surface area contributed by atoms with Gasteiger partial charge >= 0.3 is 0 Å². The number of hydrogen-bond acceptors (Lipinski definition) is 1. The topological polar surface area (TPSA) is 27.8 Å². The Balaban J connectivity index is 1.64. The molecule has 1 atom stereocenters. The van der Waals surface area contributed by atoms with Gasteiger partial charge in [0.25, 0.3) is 0 Å². The summed E-state index contributed by atoms with van der Waals surface area (Å²) in [4.78, 5) is 3.44. The molecule has 21 heavy (non-hydrogen) atoms. The van der Waals surface area contributed by atoms with Crippen molar-refractivity contribution >= 4 is 22.5 Å². The molecule has 0 saturated heterocycles. The van der Waals surface area contributed by atoms with E-state index in [0.717, 1.165) is 34.1 Å². The molecule has 0 radical (unpaired) electrons. The fraction of sp³-hybridized carbons (Fsp3) is 0.556. The summed E-state index contributed by atoms with van der Waals surface area (Å²) < 4.78 is 0. The van der Waals surface area contributed by atoms with Gasteiger partial charge in [0.15, 0.2) is 0 Å². The van der Waals surface area contributed by atoms with Gasteiger partial charge in [-0.25, -0.2) is 0 Å². The van der Waals surface area contributed by atoms with Gasteiger partial charge in [-0.05, 0) is 31.7 Å². The minimum absolute atomic E-state index is 0.561. The molecule has 2 nitrogen and oxygen atoms in total. The molecule has 1 aromatic carbocycles. The highest BCUT2D eigenvalue weighted by molar-refractivity contribution is 6.36. The average Bonchev–Trinajstić information content (AvgIpc) is 2.71. The van der Waals surface area contributed by atoms with Gasteiger partial charge in [0.1, 0.15) is 0 Å². The molecule has 0 aliphatic heterocycles. The summed E-state index contributed by atoms with van der Waals surface area (Å²) in [6.45, 7) is 3.15. The Bertz CT molecular complexity index is 582. The maximum Gasteiger partial charge on any atom is 0.0705 e. The van der Waals surface area contributed by atoms with E-state index in [1.807, 2.05) is 12.1 Å². The monoisotopic (exact) mass is 304 g/mol. The van der Waals surface area contributed by atoms with Gasteiger partial charge in [-0.3, -0.25) is 0 Å².